The van der Waals surface area contributed by atoms with E-state index in [1.807, 2.05) is 6.07 Å². The van der Waals surface area contributed by atoms with Crippen LogP contribution in [0.3, 0.4) is 0 Å². The molecule has 0 aliphatic heterocycles. The minimum Gasteiger partial charge on any atom is -0.370 e. The molecule has 0 bridgehead atoms. The lowest BCUT2D eigenvalue weighted by molar-refractivity contribution is -0.384. The quantitative estimate of drug-likeness (QED) is 0.102. The normalized spacial score (nSPS) is 11.0. The van der Waals surface area contributed by atoms with Crippen LogP contribution in [0.15, 0.2) is 59.6 Å². The van der Waals surface area contributed by atoms with Gasteiger partial charge in [0.15, 0.2) is 11.7 Å². The summed E-state index contributed by atoms with van der Waals surface area (Å²) in [6, 6.07) is 13.6. The molecule has 6 N–H and O–H groups in total. The summed E-state index contributed by atoms with van der Waals surface area (Å²) < 4.78 is 0. The SMILES string of the molecule is Cl.NC(N)=NCCC[C@H](NCC(=O)c1ccccc1)C(=O)Nc1ccc([N+](=O)[O-])cc1. The van der Waals surface area contributed by atoms with Crippen molar-refractivity contribution in [1.29, 1.82) is 0 Å². The summed E-state index contributed by atoms with van der Waals surface area (Å²) in [7, 11) is 0. The number of ketones is 1. The number of carbonyl (C=O) groups is 2. The fourth-order valence-electron chi connectivity index (χ4n) is 2.67. The van der Waals surface area contributed by atoms with Crippen molar-refractivity contribution in [2.45, 2.75) is 18.9 Å². The van der Waals surface area contributed by atoms with E-state index < -0.39 is 11.0 Å². The largest absolute Gasteiger partial charge is 0.370 e. The molecule has 0 saturated carbocycles. The summed E-state index contributed by atoms with van der Waals surface area (Å²) in [5.41, 5.74) is 11.5. The summed E-state index contributed by atoms with van der Waals surface area (Å²) >= 11 is 0. The maximum absolute atomic E-state index is 12.7. The predicted molar refractivity (Wildman–Crippen MR) is 121 cm³/mol. The lowest BCUT2D eigenvalue weighted by Crippen LogP contribution is -2.43. The Morgan fingerprint density at radius 1 is 1.06 bits per heavy atom. The summed E-state index contributed by atoms with van der Waals surface area (Å²) in [6.07, 6.45) is 0.903. The Kier molecular flexibility index (Phi) is 10.7. The molecular weight excluding hydrogens is 424 g/mol. The topological polar surface area (TPSA) is 166 Å². The maximum Gasteiger partial charge on any atom is 0.269 e. The third-order valence-electron chi connectivity index (χ3n) is 4.21. The first-order valence-corrected chi connectivity index (χ1v) is 9.29. The number of hydrogen-bond acceptors (Lipinski definition) is 6. The van der Waals surface area contributed by atoms with Crippen LogP contribution in [0.2, 0.25) is 0 Å². The second-order valence-electron chi connectivity index (χ2n) is 6.46. The van der Waals surface area contributed by atoms with Crippen LogP contribution in [0.25, 0.3) is 0 Å². The van der Waals surface area contributed by atoms with Crippen molar-refractivity contribution in [1.82, 2.24) is 5.32 Å². The second-order valence-corrected chi connectivity index (χ2v) is 6.46. The molecule has 0 spiro atoms. The molecule has 11 heteroatoms. The molecule has 31 heavy (non-hydrogen) atoms. The van der Waals surface area contributed by atoms with Crippen LogP contribution in [-0.4, -0.2) is 41.7 Å². The number of non-ortho nitro benzene ring substituents is 1. The van der Waals surface area contributed by atoms with E-state index in [0.29, 0.717) is 30.6 Å². The summed E-state index contributed by atoms with van der Waals surface area (Å²) in [5, 5.41) is 16.4. The maximum atomic E-state index is 12.7. The average Bonchev–Trinajstić information content (AvgIpc) is 2.73. The standard InChI is InChI=1S/C20H24N6O4.ClH/c21-20(22)23-12-4-7-17(24-13-18(27)14-5-2-1-3-6-14)19(28)25-15-8-10-16(11-9-15)26(29)30;/h1-3,5-6,8-11,17,24H,4,7,12-13H2,(H,25,28)(H4,21,22,23);1H/t17-;/m0./s1. The predicted octanol–water partition coefficient (Wildman–Crippen LogP) is 1.85. The monoisotopic (exact) mass is 448 g/mol. The first-order chi connectivity index (χ1) is 14.4. The molecule has 0 unspecified atom stereocenters. The Hall–Kier alpha value is -3.50. The molecule has 2 rings (SSSR count). The number of nitro benzene ring substituents is 1. The zero-order valence-electron chi connectivity index (χ0n) is 16.7. The van der Waals surface area contributed by atoms with Gasteiger partial charge in [-0.2, -0.15) is 0 Å². The van der Waals surface area contributed by atoms with Crippen LogP contribution in [0, 0.1) is 10.1 Å². The minimum absolute atomic E-state index is 0. The molecule has 10 nitrogen and oxygen atoms in total. The Balaban J connectivity index is 0.00000480. The van der Waals surface area contributed by atoms with Gasteiger partial charge in [0, 0.05) is 29.9 Å². The Morgan fingerprint density at radius 3 is 2.29 bits per heavy atom. The number of benzene rings is 2. The van der Waals surface area contributed by atoms with E-state index in [-0.39, 0.29) is 42.3 Å². The zero-order chi connectivity index (χ0) is 21.9. The molecule has 1 atom stereocenters. The van der Waals surface area contributed by atoms with Crippen LogP contribution in [-0.2, 0) is 4.79 Å². The number of anilines is 1. The Bertz CT molecular complexity index is 902. The summed E-state index contributed by atoms with van der Waals surface area (Å²) in [6.45, 7) is 0.322. The molecule has 0 fully saturated rings. The highest BCUT2D eigenvalue weighted by Gasteiger charge is 2.19. The molecule has 0 saturated heterocycles. The van der Waals surface area contributed by atoms with Gasteiger partial charge in [0.05, 0.1) is 17.5 Å². The smallest absolute Gasteiger partial charge is 0.269 e. The first kappa shape index (κ1) is 25.5. The fraction of sp³-hybridized carbons (Fsp3) is 0.250. The lowest BCUT2D eigenvalue weighted by Gasteiger charge is -2.18. The van der Waals surface area contributed by atoms with Crippen molar-refractivity contribution in [2.24, 2.45) is 16.5 Å². The zero-order valence-corrected chi connectivity index (χ0v) is 17.5. The van der Waals surface area contributed by atoms with Crippen molar-refractivity contribution >= 4 is 41.4 Å². The molecule has 2 aromatic carbocycles. The average molecular weight is 449 g/mol. The summed E-state index contributed by atoms with van der Waals surface area (Å²) in [5.74, 6) is -0.545. The van der Waals surface area contributed by atoms with Crippen molar-refractivity contribution < 1.29 is 14.5 Å². The van der Waals surface area contributed by atoms with Crippen LogP contribution >= 0.6 is 12.4 Å². The van der Waals surface area contributed by atoms with Gasteiger partial charge in [-0.25, -0.2) is 0 Å². The van der Waals surface area contributed by atoms with Crippen LogP contribution in [0.4, 0.5) is 11.4 Å². The van der Waals surface area contributed by atoms with E-state index in [1.165, 1.54) is 24.3 Å². The molecular formula is C20H25ClN6O4. The fourth-order valence-corrected chi connectivity index (χ4v) is 2.67. The lowest BCUT2D eigenvalue weighted by atomic mass is 10.1. The molecule has 0 radical (unpaired) electrons. The van der Waals surface area contributed by atoms with Gasteiger partial charge in [-0.3, -0.25) is 30.0 Å². The summed E-state index contributed by atoms with van der Waals surface area (Å²) in [4.78, 5) is 39.2. The van der Waals surface area contributed by atoms with Crippen molar-refractivity contribution in [3.05, 3.63) is 70.3 Å². The van der Waals surface area contributed by atoms with Gasteiger partial charge in [0.1, 0.15) is 0 Å². The number of nitrogens with one attached hydrogen (secondary N) is 2. The van der Waals surface area contributed by atoms with E-state index >= 15 is 0 Å². The molecule has 0 aliphatic rings. The molecule has 0 aliphatic carbocycles. The highest BCUT2D eigenvalue weighted by atomic mass is 35.5. The number of carbonyl (C=O) groups excluding carboxylic acids is 2. The Labute approximate surface area is 185 Å². The van der Waals surface area contributed by atoms with Crippen LogP contribution < -0.4 is 22.1 Å². The van der Waals surface area contributed by atoms with E-state index in [2.05, 4.69) is 15.6 Å². The molecule has 0 aromatic heterocycles. The highest BCUT2D eigenvalue weighted by Crippen LogP contribution is 2.16. The van der Waals surface area contributed by atoms with Crippen LogP contribution in [0.5, 0.6) is 0 Å². The van der Waals surface area contributed by atoms with E-state index in [4.69, 9.17) is 11.5 Å². The van der Waals surface area contributed by atoms with E-state index in [0.717, 1.165) is 0 Å². The number of nitrogens with two attached hydrogens (primary N) is 2. The van der Waals surface area contributed by atoms with Gasteiger partial charge in [0.25, 0.3) is 5.69 Å². The molecule has 2 aromatic rings. The van der Waals surface area contributed by atoms with E-state index in [1.54, 1.807) is 24.3 Å². The number of nitrogens with zero attached hydrogens (tertiary/aromatic N) is 2. The van der Waals surface area contributed by atoms with Gasteiger partial charge < -0.3 is 16.8 Å². The number of rotatable bonds is 11. The van der Waals surface area contributed by atoms with Crippen molar-refractivity contribution in [3.8, 4) is 0 Å². The van der Waals surface area contributed by atoms with E-state index in [9.17, 15) is 19.7 Å². The number of guanidine groups is 1. The van der Waals surface area contributed by atoms with Crippen molar-refractivity contribution in [3.63, 3.8) is 0 Å². The molecule has 1 amide bonds. The number of halogens is 1. The first-order valence-electron chi connectivity index (χ1n) is 9.29. The highest BCUT2D eigenvalue weighted by molar-refractivity contribution is 5.99. The number of nitro groups is 1. The number of hydrogen-bond donors (Lipinski definition) is 4. The third kappa shape index (κ3) is 8.81. The molecule has 166 valence electrons. The number of aliphatic imine (C=N–C) groups is 1. The minimum atomic E-state index is -0.679. The van der Waals surface area contributed by atoms with Gasteiger partial charge in [0.2, 0.25) is 5.91 Å². The molecule has 0 heterocycles. The second kappa shape index (κ2) is 12.9. The number of Topliss-reactive ketones (excluding diaryl/α,β-unsaturated/α-hetero) is 1. The van der Waals surface area contributed by atoms with Crippen LogP contribution in [0.1, 0.15) is 23.2 Å². The van der Waals surface area contributed by atoms with Crippen molar-refractivity contribution in [2.75, 3.05) is 18.4 Å². The Morgan fingerprint density at radius 2 is 1.71 bits per heavy atom. The third-order valence-corrected chi connectivity index (χ3v) is 4.21. The van der Waals surface area contributed by atoms with Gasteiger partial charge in [-0.1, -0.05) is 30.3 Å². The van der Waals surface area contributed by atoms with Gasteiger partial charge >= 0.3 is 0 Å². The van der Waals surface area contributed by atoms with Gasteiger partial charge in [-0.05, 0) is 25.0 Å². The van der Waals surface area contributed by atoms with Gasteiger partial charge in [-0.15, -0.1) is 12.4 Å². The number of amides is 1.